The van der Waals surface area contributed by atoms with Crippen LogP contribution in [0.25, 0.3) is 0 Å². The molecular formula is C17H28O5Si. The summed E-state index contributed by atoms with van der Waals surface area (Å²) < 4.78 is 11.0. The molecule has 0 radical (unpaired) electrons. The van der Waals surface area contributed by atoms with Crippen molar-refractivity contribution in [2.24, 2.45) is 0 Å². The van der Waals surface area contributed by atoms with Gasteiger partial charge in [-0.3, -0.25) is 0 Å². The van der Waals surface area contributed by atoms with Gasteiger partial charge in [-0.1, -0.05) is 39.0 Å². The Labute approximate surface area is 139 Å². The summed E-state index contributed by atoms with van der Waals surface area (Å²) in [5.41, 5.74) is 0.373. The lowest BCUT2D eigenvalue weighted by molar-refractivity contribution is -0.144. The average molecular weight is 340 g/mol. The van der Waals surface area contributed by atoms with Crippen molar-refractivity contribution in [1.82, 2.24) is 0 Å². The van der Waals surface area contributed by atoms with Gasteiger partial charge in [0, 0.05) is 0 Å². The molecule has 1 aliphatic rings. The standard InChI is InChI=1S/C17H28O5Si/c1-17(2,3)23(4,5)21-10-8-6-7-9-13-11-15(14(19)12-18)22-16(13)20/h6-9,11,14-15,18-19H,10,12H2,1-5H3/b8-6+,9-7+/t14-,15+/m1/s1. The topological polar surface area (TPSA) is 76.0 Å². The van der Waals surface area contributed by atoms with Crippen molar-refractivity contribution >= 4 is 14.3 Å². The van der Waals surface area contributed by atoms with Crippen molar-refractivity contribution in [2.45, 2.75) is 51.1 Å². The molecule has 5 nitrogen and oxygen atoms in total. The first-order valence-electron chi connectivity index (χ1n) is 7.77. The van der Waals surface area contributed by atoms with E-state index in [9.17, 15) is 9.90 Å². The average Bonchev–Trinajstić information content (AvgIpc) is 2.82. The van der Waals surface area contributed by atoms with Crippen molar-refractivity contribution in [1.29, 1.82) is 0 Å². The number of ether oxygens (including phenoxy) is 1. The highest BCUT2D eigenvalue weighted by Crippen LogP contribution is 2.36. The number of carbonyl (C=O) groups excluding carboxylic acids is 1. The zero-order chi connectivity index (χ0) is 17.7. The Kier molecular flexibility index (Phi) is 6.95. The van der Waals surface area contributed by atoms with E-state index in [1.54, 1.807) is 12.2 Å². The third-order valence-corrected chi connectivity index (χ3v) is 8.76. The van der Waals surface area contributed by atoms with Crippen LogP contribution in [0.4, 0.5) is 0 Å². The maximum atomic E-state index is 11.6. The zero-order valence-corrected chi connectivity index (χ0v) is 15.6. The van der Waals surface area contributed by atoms with Crippen LogP contribution in [0.2, 0.25) is 18.1 Å². The Morgan fingerprint density at radius 1 is 1.39 bits per heavy atom. The van der Waals surface area contributed by atoms with Gasteiger partial charge in [-0.25, -0.2) is 4.79 Å². The van der Waals surface area contributed by atoms with Crippen molar-refractivity contribution in [3.05, 3.63) is 36.0 Å². The molecule has 0 spiro atoms. The summed E-state index contributed by atoms with van der Waals surface area (Å²) in [6.07, 6.45) is 6.72. The van der Waals surface area contributed by atoms with Crippen molar-refractivity contribution in [3.63, 3.8) is 0 Å². The van der Waals surface area contributed by atoms with Gasteiger partial charge < -0.3 is 19.4 Å². The third-order valence-electron chi connectivity index (χ3n) is 4.26. The lowest BCUT2D eigenvalue weighted by atomic mass is 10.1. The molecule has 0 aliphatic carbocycles. The zero-order valence-electron chi connectivity index (χ0n) is 14.6. The van der Waals surface area contributed by atoms with Gasteiger partial charge >= 0.3 is 5.97 Å². The van der Waals surface area contributed by atoms with Gasteiger partial charge in [-0.15, -0.1) is 0 Å². The monoisotopic (exact) mass is 340 g/mol. The van der Waals surface area contributed by atoms with Crippen molar-refractivity contribution in [2.75, 3.05) is 13.2 Å². The van der Waals surface area contributed by atoms with E-state index >= 15 is 0 Å². The molecule has 2 atom stereocenters. The maximum Gasteiger partial charge on any atom is 0.338 e. The van der Waals surface area contributed by atoms with Crippen LogP contribution in [-0.4, -0.2) is 49.9 Å². The summed E-state index contributed by atoms with van der Waals surface area (Å²) in [7, 11) is -1.74. The molecule has 2 N–H and O–H groups in total. The van der Waals surface area contributed by atoms with Gasteiger partial charge in [-0.05, 0) is 30.3 Å². The molecule has 0 saturated carbocycles. The summed E-state index contributed by atoms with van der Waals surface area (Å²) in [4.78, 5) is 11.6. The second kappa shape index (κ2) is 8.05. The van der Waals surface area contributed by atoms with Crippen LogP contribution in [0.1, 0.15) is 20.8 Å². The van der Waals surface area contributed by atoms with E-state index in [1.165, 1.54) is 6.08 Å². The highest BCUT2D eigenvalue weighted by Gasteiger charge is 2.36. The lowest BCUT2D eigenvalue weighted by Crippen LogP contribution is -2.40. The van der Waals surface area contributed by atoms with E-state index in [1.807, 2.05) is 12.2 Å². The minimum absolute atomic E-state index is 0.178. The Hall–Kier alpha value is -1.21. The summed E-state index contributed by atoms with van der Waals surface area (Å²) >= 11 is 0. The first-order chi connectivity index (χ1) is 10.6. The molecule has 0 aromatic carbocycles. The number of carbonyl (C=O) groups is 1. The van der Waals surface area contributed by atoms with Crippen LogP contribution in [0, 0.1) is 0 Å². The minimum Gasteiger partial charge on any atom is -0.452 e. The molecular weight excluding hydrogens is 312 g/mol. The number of rotatable bonds is 7. The highest BCUT2D eigenvalue weighted by molar-refractivity contribution is 6.74. The molecule has 0 saturated heterocycles. The lowest BCUT2D eigenvalue weighted by Gasteiger charge is -2.35. The Balaban J connectivity index is 2.49. The fourth-order valence-electron chi connectivity index (χ4n) is 1.65. The fourth-order valence-corrected chi connectivity index (χ4v) is 2.60. The van der Waals surface area contributed by atoms with E-state index in [0.29, 0.717) is 12.2 Å². The summed E-state index contributed by atoms with van der Waals surface area (Å²) in [5.74, 6) is -0.496. The summed E-state index contributed by atoms with van der Waals surface area (Å²) in [5, 5.41) is 18.5. The van der Waals surface area contributed by atoms with Gasteiger partial charge in [0.15, 0.2) is 8.32 Å². The molecule has 1 heterocycles. The maximum absolute atomic E-state index is 11.6. The predicted octanol–water partition coefficient (Wildman–Crippen LogP) is 2.33. The third kappa shape index (κ3) is 5.73. The second-order valence-corrected chi connectivity index (χ2v) is 11.9. The van der Waals surface area contributed by atoms with E-state index in [0.717, 1.165) is 0 Å². The van der Waals surface area contributed by atoms with Gasteiger partial charge in [0.25, 0.3) is 0 Å². The first kappa shape index (κ1) is 19.8. The molecule has 0 aromatic rings. The number of hydrogen-bond donors (Lipinski definition) is 2. The molecule has 0 amide bonds. The highest BCUT2D eigenvalue weighted by atomic mass is 28.4. The van der Waals surface area contributed by atoms with E-state index < -0.39 is 33.1 Å². The molecule has 0 fully saturated rings. The molecule has 0 aromatic heterocycles. The number of aliphatic hydroxyl groups is 2. The van der Waals surface area contributed by atoms with Gasteiger partial charge in [0.1, 0.15) is 12.2 Å². The van der Waals surface area contributed by atoms with E-state index in [2.05, 4.69) is 33.9 Å². The van der Waals surface area contributed by atoms with Gasteiger partial charge in [-0.2, -0.15) is 0 Å². The van der Waals surface area contributed by atoms with Crippen LogP contribution in [0.3, 0.4) is 0 Å². The largest absolute Gasteiger partial charge is 0.452 e. The van der Waals surface area contributed by atoms with Gasteiger partial charge in [0.2, 0.25) is 0 Å². The van der Waals surface area contributed by atoms with Crippen molar-refractivity contribution < 1.29 is 24.2 Å². The van der Waals surface area contributed by atoms with Crippen LogP contribution >= 0.6 is 0 Å². The van der Waals surface area contributed by atoms with E-state index in [4.69, 9.17) is 14.3 Å². The number of allylic oxidation sites excluding steroid dienone is 2. The van der Waals surface area contributed by atoms with Crippen molar-refractivity contribution in [3.8, 4) is 0 Å². The number of aliphatic hydroxyl groups excluding tert-OH is 2. The van der Waals surface area contributed by atoms with Gasteiger partial charge in [0.05, 0.1) is 18.8 Å². The Morgan fingerprint density at radius 2 is 2.04 bits per heavy atom. The predicted molar refractivity (Wildman–Crippen MR) is 92.5 cm³/mol. The molecule has 1 rings (SSSR count). The normalized spacial score (nSPS) is 21.1. The SMILES string of the molecule is CC(C)(C)[Si](C)(C)OC/C=C/C=C/C1=C[C@@H]([C@H](O)CO)OC1=O. The molecule has 130 valence electrons. The quantitative estimate of drug-likeness (QED) is 0.423. The smallest absolute Gasteiger partial charge is 0.338 e. The first-order valence-corrected chi connectivity index (χ1v) is 10.7. The number of esters is 1. The fraction of sp³-hybridized carbons (Fsp3) is 0.588. The van der Waals surface area contributed by atoms with Crippen LogP contribution in [0.5, 0.6) is 0 Å². The molecule has 0 bridgehead atoms. The molecule has 1 aliphatic heterocycles. The second-order valence-electron chi connectivity index (χ2n) is 7.10. The van der Waals surface area contributed by atoms with Crippen LogP contribution < -0.4 is 0 Å². The minimum atomic E-state index is -1.74. The summed E-state index contributed by atoms with van der Waals surface area (Å²) in [6, 6.07) is 0. The van der Waals surface area contributed by atoms with E-state index in [-0.39, 0.29) is 5.04 Å². The number of cyclic esters (lactones) is 1. The summed E-state index contributed by atoms with van der Waals surface area (Å²) in [6.45, 7) is 11.1. The molecule has 6 heteroatoms. The Morgan fingerprint density at radius 3 is 2.61 bits per heavy atom. The molecule has 0 unspecified atom stereocenters. The number of hydrogen-bond acceptors (Lipinski definition) is 5. The van der Waals surface area contributed by atoms with Crippen LogP contribution in [-0.2, 0) is 14.0 Å². The molecule has 23 heavy (non-hydrogen) atoms. The Bertz CT molecular complexity index is 500. The van der Waals surface area contributed by atoms with Crippen LogP contribution in [0.15, 0.2) is 36.0 Å².